The third-order valence-corrected chi connectivity index (χ3v) is 5.45. The maximum Gasteiger partial charge on any atom is 0.0949 e. The largest absolute Gasteiger partial charge is 0.353 e. The molecule has 0 unspecified atom stereocenters. The molecule has 0 saturated carbocycles. The number of pyridine rings is 1. The van der Waals surface area contributed by atoms with Crippen molar-refractivity contribution >= 4 is 43.4 Å². The number of hydrogen-bond acceptors (Lipinski definition) is 1. The lowest BCUT2D eigenvalue weighted by Crippen LogP contribution is -1.89. The monoisotopic (exact) mass is 344 g/mol. The number of hydrogen-bond donors (Lipinski definition) is 1. The van der Waals surface area contributed by atoms with E-state index in [-0.39, 0.29) is 0 Å². The van der Waals surface area contributed by atoms with Gasteiger partial charge in [-0.3, -0.25) is 4.98 Å². The van der Waals surface area contributed by atoms with Crippen molar-refractivity contribution in [3.05, 3.63) is 91.1 Å². The van der Waals surface area contributed by atoms with Gasteiger partial charge in [-0.25, -0.2) is 0 Å². The minimum absolute atomic E-state index is 1.01. The van der Waals surface area contributed by atoms with Crippen LogP contribution in [0.5, 0.6) is 0 Å². The number of aromatic amines is 1. The first kappa shape index (κ1) is 14.5. The molecule has 126 valence electrons. The maximum absolute atomic E-state index is 4.80. The number of nitrogens with one attached hydrogen (secondary N) is 1. The molecule has 2 aromatic heterocycles. The van der Waals surface area contributed by atoms with Crippen LogP contribution in [0.4, 0.5) is 0 Å². The SMILES string of the molecule is c1ccc2c(c1)cc(-c1nccc3c1[nH]c1ccccc13)c1ccccc12. The minimum atomic E-state index is 1.01. The Bertz CT molecular complexity index is 1470. The molecule has 2 heterocycles. The normalized spacial score (nSPS) is 11.7. The van der Waals surface area contributed by atoms with Gasteiger partial charge < -0.3 is 4.98 Å². The Kier molecular flexibility index (Phi) is 2.91. The molecule has 2 heteroatoms. The lowest BCUT2D eigenvalue weighted by Gasteiger charge is -2.11. The zero-order valence-corrected chi connectivity index (χ0v) is 14.6. The van der Waals surface area contributed by atoms with Crippen molar-refractivity contribution in [1.29, 1.82) is 0 Å². The van der Waals surface area contributed by atoms with Crippen molar-refractivity contribution in [3.8, 4) is 11.3 Å². The Morgan fingerprint density at radius 2 is 1.30 bits per heavy atom. The molecule has 0 aliphatic carbocycles. The quantitative estimate of drug-likeness (QED) is 0.331. The lowest BCUT2D eigenvalue weighted by molar-refractivity contribution is 1.35. The van der Waals surface area contributed by atoms with Crippen LogP contribution in [0.3, 0.4) is 0 Å². The Hall–Kier alpha value is -3.65. The second-order valence-electron chi connectivity index (χ2n) is 6.94. The van der Waals surface area contributed by atoms with Crippen LogP contribution in [-0.4, -0.2) is 9.97 Å². The summed E-state index contributed by atoms with van der Waals surface area (Å²) in [5, 5.41) is 7.46. The number of aromatic nitrogens is 2. The molecule has 0 radical (unpaired) electrons. The fraction of sp³-hybridized carbons (Fsp3) is 0. The summed E-state index contributed by atoms with van der Waals surface area (Å²) in [5.41, 5.74) is 4.41. The predicted molar refractivity (Wildman–Crippen MR) is 114 cm³/mol. The summed E-state index contributed by atoms with van der Waals surface area (Å²) in [6.45, 7) is 0. The highest BCUT2D eigenvalue weighted by atomic mass is 14.8. The molecule has 6 rings (SSSR count). The van der Waals surface area contributed by atoms with Crippen molar-refractivity contribution in [1.82, 2.24) is 9.97 Å². The summed E-state index contributed by atoms with van der Waals surface area (Å²) in [6, 6.07) is 30.0. The first-order valence-corrected chi connectivity index (χ1v) is 9.16. The van der Waals surface area contributed by atoms with E-state index in [1.165, 1.54) is 37.9 Å². The van der Waals surface area contributed by atoms with E-state index in [1.54, 1.807) is 0 Å². The van der Waals surface area contributed by atoms with Crippen LogP contribution in [0.25, 0.3) is 54.6 Å². The van der Waals surface area contributed by atoms with Crippen LogP contribution in [-0.2, 0) is 0 Å². The van der Waals surface area contributed by atoms with Crippen LogP contribution in [0.15, 0.2) is 91.1 Å². The van der Waals surface area contributed by atoms with Gasteiger partial charge in [-0.15, -0.1) is 0 Å². The Morgan fingerprint density at radius 3 is 2.19 bits per heavy atom. The molecule has 0 amide bonds. The highest BCUT2D eigenvalue weighted by Gasteiger charge is 2.14. The average molecular weight is 344 g/mol. The molecule has 6 aromatic rings. The molecular formula is C25H16N2. The zero-order chi connectivity index (χ0) is 17.8. The molecule has 4 aromatic carbocycles. The van der Waals surface area contributed by atoms with Crippen molar-refractivity contribution in [3.63, 3.8) is 0 Å². The molecule has 0 fully saturated rings. The Morgan fingerprint density at radius 1 is 0.593 bits per heavy atom. The molecular weight excluding hydrogens is 328 g/mol. The highest BCUT2D eigenvalue weighted by Crippen LogP contribution is 2.38. The van der Waals surface area contributed by atoms with Gasteiger partial charge in [-0.1, -0.05) is 66.7 Å². The maximum atomic E-state index is 4.80. The third kappa shape index (κ3) is 2.04. The summed E-state index contributed by atoms with van der Waals surface area (Å²) in [4.78, 5) is 8.39. The summed E-state index contributed by atoms with van der Waals surface area (Å²) in [7, 11) is 0. The fourth-order valence-electron chi connectivity index (χ4n) is 4.23. The van der Waals surface area contributed by atoms with Gasteiger partial charge in [0, 0.05) is 28.0 Å². The Labute approximate surface area is 156 Å². The number of para-hydroxylation sites is 1. The third-order valence-electron chi connectivity index (χ3n) is 5.45. The van der Waals surface area contributed by atoms with Gasteiger partial charge in [0.05, 0.1) is 11.2 Å². The topological polar surface area (TPSA) is 28.7 Å². The fourth-order valence-corrected chi connectivity index (χ4v) is 4.23. The molecule has 0 spiro atoms. The molecule has 0 saturated heterocycles. The van der Waals surface area contributed by atoms with Gasteiger partial charge in [0.1, 0.15) is 0 Å². The number of H-pyrrole nitrogens is 1. The standard InChI is InChI=1S/C25H16N2/c1-2-8-17-16(7-1)15-22(19-10-4-3-9-18(17)19)24-25-21(13-14-26-24)20-11-5-6-12-23(20)27-25/h1-15,27H. The number of benzene rings is 4. The highest BCUT2D eigenvalue weighted by molar-refractivity contribution is 6.17. The van der Waals surface area contributed by atoms with Crippen molar-refractivity contribution in [2.75, 3.05) is 0 Å². The van der Waals surface area contributed by atoms with Gasteiger partial charge in [0.15, 0.2) is 0 Å². The van der Waals surface area contributed by atoms with E-state index in [4.69, 9.17) is 4.98 Å². The molecule has 0 atom stereocenters. The predicted octanol–water partition coefficient (Wildman–Crippen LogP) is 6.69. The van der Waals surface area contributed by atoms with Gasteiger partial charge in [-0.2, -0.15) is 0 Å². The van der Waals surface area contributed by atoms with Crippen molar-refractivity contribution in [2.24, 2.45) is 0 Å². The lowest BCUT2D eigenvalue weighted by atomic mass is 9.95. The molecule has 2 nitrogen and oxygen atoms in total. The second-order valence-corrected chi connectivity index (χ2v) is 6.94. The van der Waals surface area contributed by atoms with E-state index >= 15 is 0 Å². The number of fused-ring (bicyclic) bond motifs is 6. The van der Waals surface area contributed by atoms with Gasteiger partial charge in [-0.05, 0) is 39.7 Å². The molecule has 0 aliphatic rings. The van der Waals surface area contributed by atoms with Crippen molar-refractivity contribution in [2.45, 2.75) is 0 Å². The van der Waals surface area contributed by atoms with Crippen LogP contribution in [0.1, 0.15) is 0 Å². The van der Waals surface area contributed by atoms with Crippen molar-refractivity contribution < 1.29 is 0 Å². The first-order chi connectivity index (χ1) is 13.4. The summed E-state index contributed by atoms with van der Waals surface area (Å²) in [6.07, 6.45) is 1.92. The van der Waals surface area contributed by atoms with Crippen LogP contribution in [0.2, 0.25) is 0 Å². The van der Waals surface area contributed by atoms with Crippen LogP contribution < -0.4 is 0 Å². The molecule has 27 heavy (non-hydrogen) atoms. The minimum Gasteiger partial charge on any atom is -0.353 e. The molecule has 0 aliphatic heterocycles. The summed E-state index contributed by atoms with van der Waals surface area (Å²) >= 11 is 0. The van der Waals surface area contributed by atoms with E-state index in [1.807, 2.05) is 6.20 Å². The Balaban J connectivity index is 1.80. The molecule has 0 bridgehead atoms. The zero-order valence-electron chi connectivity index (χ0n) is 14.6. The van der Waals surface area contributed by atoms with Gasteiger partial charge in [0.2, 0.25) is 0 Å². The van der Waals surface area contributed by atoms with E-state index in [9.17, 15) is 0 Å². The van der Waals surface area contributed by atoms with Crippen LogP contribution in [0, 0.1) is 0 Å². The number of nitrogens with zero attached hydrogens (tertiary/aromatic N) is 1. The average Bonchev–Trinajstić information content (AvgIpc) is 3.12. The smallest absolute Gasteiger partial charge is 0.0949 e. The summed E-state index contributed by atoms with van der Waals surface area (Å²) < 4.78 is 0. The van der Waals surface area contributed by atoms with E-state index in [2.05, 4.69) is 89.9 Å². The van der Waals surface area contributed by atoms with Crippen LogP contribution >= 0.6 is 0 Å². The number of rotatable bonds is 1. The van der Waals surface area contributed by atoms with E-state index in [0.29, 0.717) is 0 Å². The van der Waals surface area contributed by atoms with E-state index in [0.717, 1.165) is 16.7 Å². The molecule has 1 N–H and O–H groups in total. The van der Waals surface area contributed by atoms with E-state index < -0.39 is 0 Å². The van der Waals surface area contributed by atoms with Gasteiger partial charge >= 0.3 is 0 Å². The second kappa shape index (κ2) is 5.42. The summed E-state index contributed by atoms with van der Waals surface area (Å²) in [5.74, 6) is 0. The first-order valence-electron chi connectivity index (χ1n) is 9.16. The van der Waals surface area contributed by atoms with Gasteiger partial charge in [0.25, 0.3) is 0 Å².